The van der Waals surface area contributed by atoms with Gasteiger partial charge in [-0.3, -0.25) is 0 Å². The second-order valence-electron chi connectivity index (χ2n) is 7.20. The minimum Gasteiger partial charge on any atom is -0.364 e. The molecule has 4 bridgehead atoms. The Morgan fingerprint density at radius 3 is 2.37 bits per heavy atom. The van der Waals surface area contributed by atoms with Crippen molar-refractivity contribution < 1.29 is 4.74 Å². The van der Waals surface area contributed by atoms with Crippen LogP contribution in [0, 0.1) is 41.4 Å². The van der Waals surface area contributed by atoms with E-state index in [0.717, 1.165) is 43.2 Å². The van der Waals surface area contributed by atoms with Crippen LogP contribution in [0.1, 0.15) is 38.5 Å². The Bertz CT molecular complexity index is 360. The van der Waals surface area contributed by atoms with Gasteiger partial charge in [0.2, 0.25) is 0 Å². The number of hydrogen-bond acceptors (Lipinski definition) is 2. The highest BCUT2D eigenvalue weighted by Gasteiger charge is 2.47. The quantitative estimate of drug-likeness (QED) is 0.769. The van der Waals surface area contributed by atoms with Gasteiger partial charge in [0.1, 0.15) is 6.61 Å². The summed E-state index contributed by atoms with van der Waals surface area (Å²) in [6.45, 7) is 2.77. The van der Waals surface area contributed by atoms with Crippen molar-refractivity contribution in [2.75, 3.05) is 19.7 Å². The molecule has 0 aromatic carbocycles. The lowest BCUT2D eigenvalue weighted by Gasteiger charge is -2.52. The summed E-state index contributed by atoms with van der Waals surface area (Å²) < 4.78 is 5.81. The maximum Gasteiger partial charge on any atom is 0.108 e. The molecule has 0 radical (unpaired) electrons. The highest BCUT2D eigenvalue weighted by molar-refractivity contribution is 5.13. The third-order valence-corrected chi connectivity index (χ3v) is 5.90. The second kappa shape index (κ2) is 5.11. The topological polar surface area (TPSA) is 21.3 Å². The average Bonchev–Trinajstić information content (AvgIpc) is 2.89. The minimum atomic E-state index is 0.410. The van der Waals surface area contributed by atoms with Crippen molar-refractivity contribution in [3.05, 3.63) is 0 Å². The van der Waals surface area contributed by atoms with Crippen LogP contribution in [-0.2, 0) is 4.74 Å². The second-order valence-corrected chi connectivity index (χ2v) is 7.20. The van der Waals surface area contributed by atoms with Crippen LogP contribution >= 0.6 is 0 Å². The van der Waals surface area contributed by atoms with E-state index in [1.54, 1.807) is 0 Å². The highest BCUT2D eigenvalue weighted by atomic mass is 16.5. The molecule has 0 spiro atoms. The van der Waals surface area contributed by atoms with Crippen LogP contribution in [0.2, 0.25) is 0 Å². The molecule has 0 aromatic heterocycles. The minimum absolute atomic E-state index is 0.410. The van der Waals surface area contributed by atoms with Gasteiger partial charge in [-0.15, -0.1) is 0 Å². The molecule has 1 aliphatic heterocycles. The predicted octanol–water partition coefficient (Wildman–Crippen LogP) is 2.44. The molecular weight excluding hydrogens is 234 g/mol. The number of hydrogen-bond donors (Lipinski definition) is 1. The highest BCUT2D eigenvalue weighted by Crippen LogP contribution is 2.56. The molecule has 5 aliphatic rings. The first-order chi connectivity index (χ1) is 9.38. The van der Waals surface area contributed by atoms with E-state index in [-0.39, 0.29) is 0 Å². The first-order valence-electron chi connectivity index (χ1n) is 8.19. The summed E-state index contributed by atoms with van der Waals surface area (Å²) in [5.41, 5.74) is 0. The van der Waals surface area contributed by atoms with E-state index in [4.69, 9.17) is 4.74 Å². The maximum absolute atomic E-state index is 5.81. The van der Waals surface area contributed by atoms with Gasteiger partial charge >= 0.3 is 0 Å². The summed E-state index contributed by atoms with van der Waals surface area (Å²) in [6, 6.07) is 0. The van der Waals surface area contributed by atoms with Gasteiger partial charge in [0, 0.05) is 12.5 Å². The standard InChI is InChI=1S/C17H25NO/c1(5-19-16-3-4-18-11-16)2-17-14-7-12-6-13(9-14)10-15(17)8-12/h12-18H,3-11H2. The Kier molecular flexibility index (Phi) is 3.29. The SMILES string of the molecule is C(#CC1C2CC3CC(C2)CC1C3)COC1CCNC1. The monoisotopic (exact) mass is 259 g/mol. The van der Waals surface area contributed by atoms with Gasteiger partial charge in [0.15, 0.2) is 0 Å². The van der Waals surface area contributed by atoms with Crippen LogP contribution < -0.4 is 5.32 Å². The van der Waals surface area contributed by atoms with Gasteiger partial charge in [-0.25, -0.2) is 0 Å². The summed E-state index contributed by atoms with van der Waals surface area (Å²) >= 11 is 0. The number of ether oxygens (including phenoxy) is 1. The van der Waals surface area contributed by atoms with Gasteiger partial charge in [-0.2, -0.15) is 0 Å². The van der Waals surface area contributed by atoms with Crippen molar-refractivity contribution in [2.24, 2.45) is 29.6 Å². The van der Waals surface area contributed by atoms with E-state index in [1.165, 1.54) is 32.1 Å². The van der Waals surface area contributed by atoms with E-state index in [0.29, 0.717) is 18.6 Å². The van der Waals surface area contributed by atoms with Crippen LogP contribution in [0.3, 0.4) is 0 Å². The Labute approximate surface area is 116 Å². The van der Waals surface area contributed by atoms with Gasteiger partial charge in [0.05, 0.1) is 6.10 Å². The molecule has 2 nitrogen and oxygen atoms in total. The van der Waals surface area contributed by atoms with Crippen molar-refractivity contribution in [1.29, 1.82) is 0 Å². The molecular formula is C17H25NO. The van der Waals surface area contributed by atoms with Crippen molar-refractivity contribution >= 4 is 0 Å². The van der Waals surface area contributed by atoms with Crippen LogP contribution in [0.25, 0.3) is 0 Å². The Morgan fingerprint density at radius 1 is 1.00 bits per heavy atom. The fourth-order valence-corrected chi connectivity index (χ4v) is 5.25. The lowest BCUT2D eigenvalue weighted by Crippen LogP contribution is -2.44. The van der Waals surface area contributed by atoms with Crippen molar-refractivity contribution in [2.45, 2.75) is 44.6 Å². The normalized spacial score (nSPS) is 47.2. The lowest BCUT2D eigenvalue weighted by molar-refractivity contribution is -0.0124. The molecule has 5 fully saturated rings. The maximum atomic E-state index is 5.81. The summed E-state index contributed by atoms with van der Waals surface area (Å²) in [7, 11) is 0. The Hall–Kier alpha value is -0.520. The third-order valence-electron chi connectivity index (χ3n) is 5.90. The molecule has 5 rings (SSSR count). The smallest absolute Gasteiger partial charge is 0.108 e. The molecule has 1 unspecified atom stereocenters. The van der Waals surface area contributed by atoms with Gasteiger partial charge in [-0.05, 0) is 68.7 Å². The molecule has 1 saturated heterocycles. The fourth-order valence-electron chi connectivity index (χ4n) is 5.25. The summed E-state index contributed by atoms with van der Waals surface area (Å²) in [6.07, 6.45) is 8.98. The molecule has 1 N–H and O–H groups in total. The fraction of sp³-hybridized carbons (Fsp3) is 0.882. The molecule has 104 valence electrons. The van der Waals surface area contributed by atoms with E-state index >= 15 is 0 Å². The molecule has 0 amide bonds. The molecule has 19 heavy (non-hydrogen) atoms. The molecule has 4 saturated carbocycles. The first-order valence-corrected chi connectivity index (χ1v) is 8.19. The van der Waals surface area contributed by atoms with Crippen molar-refractivity contribution in [3.8, 4) is 11.8 Å². The third kappa shape index (κ3) is 2.43. The summed E-state index contributed by atoms with van der Waals surface area (Å²) in [4.78, 5) is 0. The molecule has 0 aromatic rings. The van der Waals surface area contributed by atoms with E-state index in [1.807, 2.05) is 0 Å². The Balaban J connectivity index is 1.33. The van der Waals surface area contributed by atoms with Crippen LogP contribution in [-0.4, -0.2) is 25.8 Å². The largest absolute Gasteiger partial charge is 0.364 e. The zero-order valence-electron chi connectivity index (χ0n) is 11.7. The van der Waals surface area contributed by atoms with Crippen LogP contribution in [0.4, 0.5) is 0 Å². The van der Waals surface area contributed by atoms with Gasteiger partial charge < -0.3 is 10.1 Å². The zero-order chi connectivity index (χ0) is 12.7. The Morgan fingerprint density at radius 2 is 1.74 bits per heavy atom. The molecule has 1 atom stereocenters. The van der Waals surface area contributed by atoms with Gasteiger partial charge in [0.25, 0.3) is 0 Å². The lowest BCUT2D eigenvalue weighted by atomic mass is 9.52. The number of rotatable bonds is 2. The molecule has 4 aliphatic carbocycles. The van der Waals surface area contributed by atoms with Crippen LogP contribution in [0.5, 0.6) is 0 Å². The summed E-state index contributed by atoms with van der Waals surface area (Å²) in [5, 5.41) is 3.33. The van der Waals surface area contributed by atoms with E-state index < -0.39 is 0 Å². The number of nitrogens with one attached hydrogen (secondary N) is 1. The van der Waals surface area contributed by atoms with Crippen molar-refractivity contribution in [1.82, 2.24) is 5.32 Å². The average molecular weight is 259 g/mol. The van der Waals surface area contributed by atoms with E-state index in [2.05, 4.69) is 17.2 Å². The molecule has 2 heteroatoms. The van der Waals surface area contributed by atoms with E-state index in [9.17, 15) is 0 Å². The molecule has 1 heterocycles. The van der Waals surface area contributed by atoms with Crippen molar-refractivity contribution in [3.63, 3.8) is 0 Å². The predicted molar refractivity (Wildman–Crippen MR) is 75.5 cm³/mol. The van der Waals surface area contributed by atoms with Gasteiger partial charge in [-0.1, -0.05) is 11.8 Å². The summed E-state index contributed by atoms with van der Waals surface area (Å²) in [5.74, 6) is 11.6. The first kappa shape index (κ1) is 12.2. The zero-order valence-corrected chi connectivity index (χ0v) is 11.7. The van der Waals surface area contributed by atoms with Crippen LogP contribution in [0.15, 0.2) is 0 Å².